The zero-order valence-corrected chi connectivity index (χ0v) is 16.1. The molecule has 1 aliphatic heterocycles. The van der Waals surface area contributed by atoms with Crippen LogP contribution in [0.2, 0.25) is 0 Å². The van der Waals surface area contributed by atoms with Gasteiger partial charge in [-0.2, -0.15) is 0 Å². The van der Waals surface area contributed by atoms with E-state index in [2.05, 4.69) is 4.90 Å². The molecule has 1 saturated heterocycles. The van der Waals surface area contributed by atoms with Crippen molar-refractivity contribution in [2.45, 2.75) is 19.6 Å². The van der Waals surface area contributed by atoms with Crippen LogP contribution < -0.4 is 0 Å². The van der Waals surface area contributed by atoms with E-state index in [0.29, 0.717) is 31.9 Å². The Morgan fingerprint density at radius 2 is 2.07 bits per heavy atom. The van der Waals surface area contributed by atoms with E-state index in [9.17, 15) is 4.79 Å². The van der Waals surface area contributed by atoms with E-state index in [1.807, 2.05) is 54.3 Å². The van der Waals surface area contributed by atoms with Crippen LogP contribution in [0, 0.1) is 6.92 Å². The van der Waals surface area contributed by atoms with Crippen LogP contribution in [0.4, 0.5) is 0 Å². The first-order chi connectivity index (χ1) is 13.2. The number of morpholine rings is 1. The monoisotopic (exact) mass is 372 g/mol. The summed E-state index contributed by atoms with van der Waals surface area (Å²) in [7, 11) is 1.65. The number of hydrogen-bond acceptors (Lipinski definition) is 5. The number of nitrogens with zero attached hydrogens (tertiary/aromatic N) is 2. The van der Waals surface area contributed by atoms with E-state index in [1.54, 1.807) is 7.11 Å². The number of hydrogen-bond donors (Lipinski definition) is 0. The average Bonchev–Trinajstić information content (AvgIpc) is 3.10. The number of carbonyl (C=O) groups excluding carboxylic acids is 1. The number of amides is 1. The van der Waals surface area contributed by atoms with Crippen LogP contribution in [-0.2, 0) is 16.0 Å². The molecule has 0 aliphatic carbocycles. The van der Waals surface area contributed by atoms with Gasteiger partial charge in [-0.1, -0.05) is 18.2 Å². The van der Waals surface area contributed by atoms with Crippen molar-refractivity contribution in [3.05, 3.63) is 59.5 Å². The smallest absolute Gasteiger partial charge is 0.254 e. The Kier molecular flexibility index (Phi) is 7.04. The predicted octanol–water partition coefficient (Wildman–Crippen LogP) is 2.58. The molecule has 2 aromatic rings. The number of aryl methyl sites for hydroxylation is 1. The van der Waals surface area contributed by atoms with Crippen molar-refractivity contribution in [3.63, 3.8) is 0 Å². The van der Waals surface area contributed by atoms with Crippen molar-refractivity contribution in [1.29, 1.82) is 0 Å². The quantitative estimate of drug-likeness (QED) is 0.713. The highest BCUT2D eigenvalue weighted by molar-refractivity contribution is 5.94. The van der Waals surface area contributed by atoms with Gasteiger partial charge in [-0.15, -0.1) is 0 Å². The molecule has 2 heterocycles. The van der Waals surface area contributed by atoms with Gasteiger partial charge in [0.2, 0.25) is 0 Å². The number of carbonyl (C=O) groups is 1. The maximum absolute atomic E-state index is 12.9. The third-order valence-electron chi connectivity index (χ3n) is 4.70. The molecule has 0 radical (unpaired) electrons. The minimum absolute atomic E-state index is 0.00929. The van der Waals surface area contributed by atoms with Gasteiger partial charge in [-0.25, -0.2) is 0 Å². The van der Waals surface area contributed by atoms with Crippen LogP contribution in [0.25, 0.3) is 0 Å². The molecule has 1 aromatic carbocycles. The number of benzene rings is 1. The molecule has 3 rings (SSSR count). The first-order valence-corrected chi connectivity index (χ1v) is 9.38. The molecule has 1 aromatic heterocycles. The molecule has 1 unspecified atom stereocenters. The molecule has 0 N–H and O–H groups in total. The molecule has 0 bridgehead atoms. The molecule has 27 heavy (non-hydrogen) atoms. The molecule has 0 spiro atoms. The Bertz CT molecular complexity index is 716. The highest BCUT2D eigenvalue weighted by atomic mass is 16.5. The molecular formula is C21H28N2O4. The minimum Gasteiger partial charge on any atom is -0.465 e. The van der Waals surface area contributed by atoms with Crippen molar-refractivity contribution >= 4 is 5.91 Å². The first kappa shape index (κ1) is 19.6. The summed E-state index contributed by atoms with van der Waals surface area (Å²) in [5.74, 6) is 1.90. The third-order valence-corrected chi connectivity index (χ3v) is 4.70. The summed E-state index contributed by atoms with van der Waals surface area (Å²) in [6.07, 6.45) is -0.0284. The molecule has 6 nitrogen and oxygen atoms in total. The lowest BCUT2D eigenvalue weighted by atomic mass is 10.1. The lowest BCUT2D eigenvalue weighted by Crippen LogP contribution is -2.49. The second-order valence-electron chi connectivity index (χ2n) is 6.85. The summed E-state index contributed by atoms with van der Waals surface area (Å²) in [6.45, 7) is 6.59. The molecular weight excluding hydrogens is 344 g/mol. The Morgan fingerprint density at radius 1 is 1.26 bits per heavy atom. The molecule has 1 fully saturated rings. The zero-order chi connectivity index (χ0) is 19.1. The van der Waals surface area contributed by atoms with Gasteiger partial charge in [0.25, 0.3) is 5.91 Å². The van der Waals surface area contributed by atoms with E-state index in [4.69, 9.17) is 13.9 Å². The van der Waals surface area contributed by atoms with Crippen molar-refractivity contribution in [2.75, 3.05) is 46.5 Å². The van der Waals surface area contributed by atoms with Crippen molar-refractivity contribution in [3.8, 4) is 0 Å². The Morgan fingerprint density at radius 3 is 2.78 bits per heavy atom. The Hall–Kier alpha value is -2.15. The standard InChI is InChI=1S/C21H28N2O4/c1-17-8-9-19(27-17)14-22-10-13-26-20(15-22)16-23(11-12-25-2)21(24)18-6-4-3-5-7-18/h3-9,20H,10-16H2,1-2H3. The molecule has 1 amide bonds. The molecule has 1 aliphatic rings. The van der Waals surface area contributed by atoms with Crippen LogP contribution >= 0.6 is 0 Å². The van der Waals surface area contributed by atoms with Gasteiger partial charge in [-0.3, -0.25) is 9.69 Å². The maximum Gasteiger partial charge on any atom is 0.254 e. The summed E-state index contributed by atoms with van der Waals surface area (Å²) >= 11 is 0. The number of methoxy groups -OCH3 is 1. The molecule has 1 atom stereocenters. The Balaban J connectivity index is 1.61. The SMILES string of the molecule is COCCN(CC1CN(Cc2ccc(C)o2)CCO1)C(=O)c1ccccc1. The minimum atomic E-state index is -0.0284. The number of furan rings is 1. The third kappa shape index (κ3) is 5.66. The fraction of sp³-hybridized carbons (Fsp3) is 0.476. The highest BCUT2D eigenvalue weighted by Crippen LogP contribution is 2.15. The van der Waals surface area contributed by atoms with E-state index in [-0.39, 0.29) is 12.0 Å². The van der Waals surface area contributed by atoms with Crippen LogP contribution in [-0.4, -0.2) is 68.3 Å². The highest BCUT2D eigenvalue weighted by Gasteiger charge is 2.26. The Labute approximate surface area is 160 Å². The predicted molar refractivity (Wildman–Crippen MR) is 103 cm³/mol. The largest absolute Gasteiger partial charge is 0.465 e. The average molecular weight is 372 g/mol. The van der Waals surface area contributed by atoms with E-state index in [1.165, 1.54) is 0 Å². The second kappa shape index (κ2) is 9.69. The second-order valence-corrected chi connectivity index (χ2v) is 6.85. The van der Waals surface area contributed by atoms with Gasteiger partial charge in [0.15, 0.2) is 0 Å². The summed E-state index contributed by atoms with van der Waals surface area (Å²) < 4.78 is 16.8. The van der Waals surface area contributed by atoms with Crippen LogP contribution in [0.3, 0.4) is 0 Å². The van der Waals surface area contributed by atoms with Crippen molar-refractivity contribution in [1.82, 2.24) is 9.80 Å². The van der Waals surface area contributed by atoms with Crippen LogP contribution in [0.15, 0.2) is 46.9 Å². The topological polar surface area (TPSA) is 55.1 Å². The van der Waals surface area contributed by atoms with E-state index < -0.39 is 0 Å². The molecule has 0 saturated carbocycles. The fourth-order valence-corrected chi connectivity index (χ4v) is 3.31. The van der Waals surface area contributed by atoms with Gasteiger partial charge >= 0.3 is 0 Å². The summed E-state index contributed by atoms with van der Waals surface area (Å²) in [5.41, 5.74) is 0.687. The number of ether oxygens (including phenoxy) is 2. The summed E-state index contributed by atoms with van der Waals surface area (Å²) in [4.78, 5) is 17.0. The van der Waals surface area contributed by atoms with Gasteiger partial charge < -0.3 is 18.8 Å². The van der Waals surface area contributed by atoms with Gasteiger partial charge in [-0.05, 0) is 31.2 Å². The van der Waals surface area contributed by atoms with Gasteiger partial charge in [0.1, 0.15) is 11.5 Å². The van der Waals surface area contributed by atoms with Crippen LogP contribution in [0.1, 0.15) is 21.9 Å². The zero-order valence-electron chi connectivity index (χ0n) is 16.1. The summed E-state index contributed by atoms with van der Waals surface area (Å²) in [6, 6.07) is 13.4. The van der Waals surface area contributed by atoms with Gasteiger partial charge in [0.05, 0.1) is 25.9 Å². The van der Waals surface area contributed by atoms with Crippen molar-refractivity contribution in [2.24, 2.45) is 0 Å². The van der Waals surface area contributed by atoms with E-state index in [0.717, 1.165) is 31.2 Å². The van der Waals surface area contributed by atoms with Gasteiger partial charge in [0, 0.05) is 38.9 Å². The lowest BCUT2D eigenvalue weighted by Gasteiger charge is -2.35. The molecule has 146 valence electrons. The van der Waals surface area contributed by atoms with Crippen LogP contribution in [0.5, 0.6) is 0 Å². The summed E-state index contributed by atoms with van der Waals surface area (Å²) in [5, 5.41) is 0. The maximum atomic E-state index is 12.9. The lowest BCUT2D eigenvalue weighted by molar-refractivity contribution is -0.0459. The number of rotatable bonds is 8. The molecule has 6 heteroatoms. The van der Waals surface area contributed by atoms with Crippen molar-refractivity contribution < 1.29 is 18.7 Å². The van der Waals surface area contributed by atoms with E-state index >= 15 is 0 Å². The normalized spacial score (nSPS) is 17.8. The first-order valence-electron chi connectivity index (χ1n) is 9.38. The fourth-order valence-electron chi connectivity index (χ4n) is 3.31.